The highest BCUT2D eigenvalue weighted by Gasteiger charge is 2.46. The molecule has 1 aliphatic carbocycles. The van der Waals surface area contributed by atoms with Gasteiger partial charge in [-0.15, -0.1) is 23.4 Å². The highest BCUT2D eigenvalue weighted by molar-refractivity contribution is 5.89. The maximum absolute atomic E-state index is 12.4. The largest absolute Gasteiger partial charge is 0.573 e. The van der Waals surface area contributed by atoms with Crippen molar-refractivity contribution in [1.29, 1.82) is 0 Å². The quantitative estimate of drug-likeness (QED) is 0.938. The van der Waals surface area contributed by atoms with Gasteiger partial charge in [0.15, 0.2) is 0 Å². The number of benzene rings is 1. The molecule has 0 spiro atoms. The number of halogens is 3. The maximum atomic E-state index is 12.4. The molecule has 1 amide bonds. The number of hydrogen-bond donors (Lipinski definition) is 1. The van der Waals surface area contributed by atoms with E-state index in [4.69, 9.17) is 0 Å². The molecule has 0 unspecified atom stereocenters. The summed E-state index contributed by atoms with van der Waals surface area (Å²) in [6.45, 7) is 0. The predicted octanol–water partition coefficient (Wildman–Crippen LogP) is 2.05. The van der Waals surface area contributed by atoms with Gasteiger partial charge in [0, 0.05) is 5.92 Å². The van der Waals surface area contributed by atoms with Gasteiger partial charge in [0.05, 0.1) is 0 Å². The second kappa shape index (κ2) is 5.32. The van der Waals surface area contributed by atoms with Crippen molar-refractivity contribution in [3.8, 4) is 5.75 Å². The van der Waals surface area contributed by atoms with Gasteiger partial charge in [-0.25, -0.2) is 4.68 Å². The third kappa shape index (κ3) is 3.18. The molecule has 1 fully saturated rings. The molecule has 1 saturated carbocycles. The van der Waals surface area contributed by atoms with E-state index >= 15 is 0 Å². The van der Waals surface area contributed by atoms with Gasteiger partial charge in [-0.3, -0.25) is 10.2 Å². The van der Waals surface area contributed by atoms with Gasteiger partial charge in [-0.1, -0.05) is 18.2 Å². The fraction of sp³-hybridized carbons (Fsp3) is 0.308. The molecule has 22 heavy (non-hydrogen) atoms. The van der Waals surface area contributed by atoms with Crippen LogP contribution in [-0.2, 0) is 4.79 Å². The van der Waals surface area contributed by atoms with Gasteiger partial charge in [0.1, 0.15) is 18.4 Å². The van der Waals surface area contributed by atoms with Crippen LogP contribution in [0.2, 0.25) is 0 Å². The first-order valence-electron chi connectivity index (χ1n) is 6.44. The summed E-state index contributed by atoms with van der Waals surface area (Å²) < 4.78 is 42.5. The van der Waals surface area contributed by atoms with E-state index in [1.165, 1.54) is 35.5 Å². The Morgan fingerprint density at radius 3 is 2.64 bits per heavy atom. The standard InChI is InChI=1S/C13H11F3N4O2/c14-13(15,16)22-11-4-2-1-3-8(11)9-5-10(9)12(21)19-20-6-17-18-7-20/h1-4,6-7,9-10H,5H2,(H,19,21)/t9-,10+/m0/s1. The van der Waals surface area contributed by atoms with Crippen LogP contribution in [0.1, 0.15) is 17.9 Å². The van der Waals surface area contributed by atoms with Gasteiger partial charge in [-0.2, -0.15) is 0 Å². The lowest BCUT2D eigenvalue weighted by Gasteiger charge is -2.13. The summed E-state index contributed by atoms with van der Waals surface area (Å²) in [5, 5.41) is 7.08. The summed E-state index contributed by atoms with van der Waals surface area (Å²) in [4.78, 5) is 12.0. The first-order valence-corrected chi connectivity index (χ1v) is 6.44. The van der Waals surface area contributed by atoms with Gasteiger partial charge in [0.2, 0.25) is 5.91 Å². The van der Waals surface area contributed by atoms with Crippen LogP contribution in [0.5, 0.6) is 5.75 Å². The molecule has 9 heteroatoms. The molecule has 3 rings (SSSR count). The fourth-order valence-corrected chi connectivity index (χ4v) is 2.30. The molecule has 2 atom stereocenters. The zero-order chi connectivity index (χ0) is 15.7. The number of aromatic nitrogens is 3. The van der Waals surface area contributed by atoms with Crippen LogP contribution in [-0.4, -0.2) is 27.1 Å². The average Bonchev–Trinajstić information content (AvgIpc) is 3.08. The number of alkyl halides is 3. The van der Waals surface area contributed by atoms with Crippen molar-refractivity contribution in [3.63, 3.8) is 0 Å². The van der Waals surface area contributed by atoms with Crippen molar-refractivity contribution in [3.05, 3.63) is 42.5 Å². The minimum absolute atomic E-state index is 0.264. The van der Waals surface area contributed by atoms with E-state index in [9.17, 15) is 18.0 Å². The Hall–Kier alpha value is -2.58. The molecule has 1 aliphatic rings. The van der Waals surface area contributed by atoms with E-state index in [1.54, 1.807) is 6.07 Å². The molecule has 0 bridgehead atoms. The highest BCUT2D eigenvalue weighted by atomic mass is 19.4. The lowest BCUT2D eigenvalue weighted by atomic mass is 10.1. The van der Waals surface area contributed by atoms with Gasteiger partial charge in [-0.05, 0) is 24.0 Å². The second-order valence-corrected chi connectivity index (χ2v) is 4.88. The molecule has 0 saturated heterocycles. The summed E-state index contributed by atoms with van der Waals surface area (Å²) in [6.07, 6.45) is -1.66. The Kier molecular flexibility index (Phi) is 3.47. The molecule has 0 radical (unpaired) electrons. The first kappa shape index (κ1) is 14.4. The van der Waals surface area contributed by atoms with Gasteiger partial charge >= 0.3 is 6.36 Å². The lowest BCUT2D eigenvalue weighted by molar-refractivity contribution is -0.274. The molecule has 116 valence electrons. The second-order valence-electron chi connectivity index (χ2n) is 4.88. The zero-order valence-electron chi connectivity index (χ0n) is 11.1. The zero-order valence-corrected chi connectivity index (χ0v) is 11.1. The summed E-state index contributed by atoms with van der Waals surface area (Å²) in [6, 6.07) is 5.86. The number of hydrogen-bond acceptors (Lipinski definition) is 4. The van der Waals surface area contributed by atoms with Crippen LogP contribution in [0.15, 0.2) is 36.9 Å². The summed E-state index contributed by atoms with van der Waals surface area (Å²) in [5.41, 5.74) is 2.92. The molecule has 1 aromatic carbocycles. The summed E-state index contributed by atoms with van der Waals surface area (Å²) >= 11 is 0. The number of nitrogens with one attached hydrogen (secondary N) is 1. The number of nitrogens with zero attached hydrogens (tertiary/aromatic N) is 3. The minimum atomic E-state index is -4.76. The molecule has 6 nitrogen and oxygen atoms in total. The monoisotopic (exact) mass is 312 g/mol. The predicted molar refractivity (Wildman–Crippen MR) is 68.4 cm³/mol. The van der Waals surface area contributed by atoms with Crippen LogP contribution in [0.3, 0.4) is 0 Å². The van der Waals surface area contributed by atoms with Crippen LogP contribution < -0.4 is 10.2 Å². The average molecular weight is 312 g/mol. The van der Waals surface area contributed by atoms with Gasteiger partial charge in [0.25, 0.3) is 0 Å². The molecular formula is C13H11F3N4O2. The molecule has 1 N–H and O–H groups in total. The van der Waals surface area contributed by atoms with Crippen molar-refractivity contribution < 1.29 is 22.7 Å². The smallest absolute Gasteiger partial charge is 0.405 e. The Morgan fingerprint density at radius 1 is 1.27 bits per heavy atom. The summed E-state index contributed by atoms with van der Waals surface area (Å²) in [5.74, 6) is -1.26. The number of ether oxygens (including phenoxy) is 1. The van der Waals surface area contributed by atoms with Crippen LogP contribution in [0, 0.1) is 5.92 Å². The maximum Gasteiger partial charge on any atom is 0.573 e. The van der Waals surface area contributed by atoms with Crippen molar-refractivity contribution in [2.45, 2.75) is 18.7 Å². The first-order chi connectivity index (χ1) is 10.4. The van der Waals surface area contributed by atoms with E-state index in [2.05, 4.69) is 20.4 Å². The Balaban J connectivity index is 1.70. The summed E-state index contributed by atoms with van der Waals surface area (Å²) in [7, 11) is 0. The normalized spacial score (nSPS) is 20.5. The Labute approximate surface area is 122 Å². The SMILES string of the molecule is O=C(Nn1cnnc1)[C@@H]1C[C@H]1c1ccccc1OC(F)(F)F. The van der Waals surface area contributed by atoms with Crippen LogP contribution in [0.25, 0.3) is 0 Å². The number of amides is 1. The van der Waals surface area contributed by atoms with Crippen LogP contribution >= 0.6 is 0 Å². The van der Waals surface area contributed by atoms with Crippen molar-refractivity contribution in [1.82, 2.24) is 14.9 Å². The minimum Gasteiger partial charge on any atom is -0.405 e. The Morgan fingerprint density at radius 2 is 1.95 bits per heavy atom. The van der Waals surface area contributed by atoms with E-state index in [1.807, 2.05) is 0 Å². The van der Waals surface area contributed by atoms with E-state index < -0.39 is 12.3 Å². The van der Waals surface area contributed by atoms with Crippen molar-refractivity contribution in [2.24, 2.45) is 5.92 Å². The molecule has 0 aliphatic heterocycles. The number of carbonyl (C=O) groups is 1. The number of rotatable bonds is 4. The van der Waals surface area contributed by atoms with Crippen LogP contribution in [0.4, 0.5) is 13.2 Å². The number of carbonyl (C=O) groups excluding carboxylic acids is 1. The topological polar surface area (TPSA) is 69.0 Å². The molecule has 1 aromatic heterocycles. The third-order valence-corrected chi connectivity index (χ3v) is 3.33. The highest BCUT2D eigenvalue weighted by Crippen LogP contribution is 2.51. The molecule has 1 heterocycles. The van der Waals surface area contributed by atoms with E-state index in [0.29, 0.717) is 12.0 Å². The molecule has 2 aromatic rings. The van der Waals surface area contributed by atoms with E-state index in [-0.39, 0.29) is 17.6 Å². The van der Waals surface area contributed by atoms with Gasteiger partial charge < -0.3 is 4.74 Å². The van der Waals surface area contributed by atoms with Crippen molar-refractivity contribution in [2.75, 3.05) is 5.43 Å². The van der Waals surface area contributed by atoms with Crippen molar-refractivity contribution >= 4 is 5.91 Å². The van der Waals surface area contributed by atoms with E-state index in [0.717, 1.165) is 0 Å². The Bertz CT molecular complexity index is 672. The third-order valence-electron chi connectivity index (χ3n) is 3.33. The lowest BCUT2D eigenvalue weighted by Crippen LogP contribution is -2.23. The fourth-order valence-electron chi connectivity index (χ4n) is 2.30. The molecular weight excluding hydrogens is 301 g/mol. The number of para-hydroxylation sites is 1.